The van der Waals surface area contributed by atoms with E-state index < -0.39 is 0 Å². The van der Waals surface area contributed by atoms with Crippen molar-refractivity contribution >= 4 is 11.6 Å². The maximum absolute atomic E-state index is 12.5. The van der Waals surface area contributed by atoms with Crippen LogP contribution in [0.5, 0.6) is 0 Å². The standard InChI is InChI=1S/C28H31N3O/c1-5-21(4)29-27(32)16-14-25-28(22-11-9-19(2)10-12-22)30-26-15-13-24(18-31(25)26)23-8-6-7-20(3)17-23/h6-13,15,17-18,21H,5,14,16H2,1-4H3,(H,29,32)/t21-/m0/s1. The highest BCUT2D eigenvalue weighted by atomic mass is 16.1. The van der Waals surface area contributed by atoms with Gasteiger partial charge in [-0.1, -0.05) is 66.6 Å². The van der Waals surface area contributed by atoms with Crippen LogP contribution in [0.4, 0.5) is 0 Å². The number of pyridine rings is 1. The fourth-order valence-corrected chi connectivity index (χ4v) is 3.95. The van der Waals surface area contributed by atoms with Crippen molar-refractivity contribution in [3.8, 4) is 22.4 Å². The van der Waals surface area contributed by atoms with E-state index in [-0.39, 0.29) is 11.9 Å². The lowest BCUT2D eigenvalue weighted by molar-refractivity contribution is -0.121. The maximum atomic E-state index is 12.5. The summed E-state index contributed by atoms with van der Waals surface area (Å²) in [5.74, 6) is 0.0824. The lowest BCUT2D eigenvalue weighted by Gasteiger charge is -2.12. The van der Waals surface area contributed by atoms with Gasteiger partial charge in [0, 0.05) is 24.2 Å². The van der Waals surface area contributed by atoms with Crippen LogP contribution >= 0.6 is 0 Å². The molecule has 0 aliphatic heterocycles. The number of nitrogens with zero attached hydrogens (tertiary/aromatic N) is 2. The molecule has 0 bridgehead atoms. The number of carbonyl (C=O) groups is 1. The summed E-state index contributed by atoms with van der Waals surface area (Å²) >= 11 is 0. The number of hydrogen-bond acceptors (Lipinski definition) is 2. The number of aryl methyl sites for hydroxylation is 3. The molecule has 0 saturated carbocycles. The molecule has 1 atom stereocenters. The maximum Gasteiger partial charge on any atom is 0.220 e. The van der Waals surface area contributed by atoms with Crippen molar-refractivity contribution in [2.75, 3.05) is 0 Å². The van der Waals surface area contributed by atoms with Crippen LogP contribution in [0, 0.1) is 13.8 Å². The predicted octanol–water partition coefficient (Wildman–Crippen LogP) is 6.13. The van der Waals surface area contributed by atoms with Gasteiger partial charge in [-0.15, -0.1) is 0 Å². The summed E-state index contributed by atoms with van der Waals surface area (Å²) in [6, 6.07) is 21.3. The van der Waals surface area contributed by atoms with E-state index in [1.165, 1.54) is 16.7 Å². The first-order chi connectivity index (χ1) is 15.4. The van der Waals surface area contributed by atoms with Crippen molar-refractivity contribution < 1.29 is 4.79 Å². The molecule has 0 saturated heterocycles. The Hall–Kier alpha value is -3.40. The number of imidazole rings is 1. The lowest BCUT2D eigenvalue weighted by atomic mass is 10.0. The van der Waals surface area contributed by atoms with E-state index in [0.717, 1.165) is 34.6 Å². The Morgan fingerprint density at radius 2 is 1.72 bits per heavy atom. The quantitative estimate of drug-likeness (QED) is 0.387. The van der Waals surface area contributed by atoms with Crippen molar-refractivity contribution in [3.05, 3.63) is 83.7 Å². The van der Waals surface area contributed by atoms with Gasteiger partial charge in [-0.2, -0.15) is 0 Å². The number of aromatic nitrogens is 2. The molecule has 0 fully saturated rings. The largest absolute Gasteiger partial charge is 0.354 e. The minimum absolute atomic E-state index is 0.0824. The van der Waals surface area contributed by atoms with E-state index >= 15 is 0 Å². The fourth-order valence-electron chi connectivity index (χ4n) is 3.95. The molecule has 0 spiro atoms. The van der Waals surface area contributed by atoms with Crippen molar-refractivity contribution in [2.45, 2.75) is 53.0 Å². The summed E-state index contributed by atoms with van der Waals surface area (Å²) in [6.45, 7) is 8.31. The molecule has 164 valence electrons. The fraction of sp³-hybridized carbons (Fsp3) is 0.286. The summed E-state index contributed by atoms with van der Waals surface area (Å²) < 4.78 is 2.16. The van der Waals surface area contributed by atoms with Gasteiger partial charge in [-0.05, 0) is 56.9 Å². The lowest BCUT2D eigenvalue weighted by Crippen LogP contribution is -2.32. The number of amides is 1. The van der Waals surface area contributed by atoms with Crippen molar-refractivity contribution in [3.63, 3.8) is 0 Å². The van der Waals surface area contributed by atoms with Gasteiger partial charge in [0.1, 0.15) is 5.65 Å². The molecule has 2 heterocycles. The minimum atomic E-state index is 0.0824. The summed E-state index contributed by atoms with van der Waals surface area (Å²) in [4.78, 5) is 17.5. The Bertz CT molecular complexity index is 1240. The van der Waals surface area contributed by atoms with Crippen LogP contribution in [0.25, 0.3) is 28.0 Å². The van der Waals surface area contributed by atoms with E-state index in [9.17, 15) is 4.79 Å². The molecule has 1 N–H and O–H groups in total. The van der Waals surface area contributed by atoms with Crippen LogP contribution in [0.1, 0.15) is 43.5 Å². The zero-order valence-corrected chi connectivity index (χ0v) is 19.4. The minimum Gasteiger partial charge on any atom is -0.354 e. The van der Waals surface area contributed by atoms with E-state index in [2.05, 4.69) is 97.3 Å². The van der Waals surface area contributed by atoms with E-state index in [4.69, 9.17) is 4.98 Å². The second-order valence-corrected chi connectivity index (χ2v) is 8.67. The van der Waals surface area contributed by atoms with Crippen molar-refractivity contribution in [1.29, 1.82) is 0 Å². The Kier molecular flexibility index (Phi) is 6.40. The van der Waals surface area contributed by atoms with E-state index in [1.54, 1.807) is 0 Å². The average molecular weight is 426 g/mol. The summed E-state index contributed by atoms with van der Waals surface area (Å²) in [6.07, 6.45) is 4.14. The highest BCUT2D eigenvalue weighted by molar-refractivity contribution is 5.77. The molecule has 0 unspecified atom stereocenters. The predicted molar refractivity (Wildman–Crippen MR) is 132 cm³/mol. The summed E-state index contributed by atoms with van der Waals surface area (Å²) in [5, 5.41) is 3.08. The molecule has 0 radical (unpaired) electrons. The van der Waals surface area contributed by atoms with Gasteiger partial charge in [0.2, 0.25) is 5.91 Å². The number of hydrogen-bond donors (Lipinski definition) is 1. The van der Waals surface area contributed by atoms with Crippen LogP contribution in [-0.4, -0.2) is 21.3 Å². The SMILES string of the molecule is CC[C@H](C)NC(=O)CCc1c(-c2ccc(C)cc2)nc2ccc(-c3cccc(C)c3)cn12. The van der Waals surface area contributed by atoms with Crippen LogP contribution < -0.4 is 5.32 Å². The number of benzene rings is 2. The second kappa shape index (κ2) is 9.39. The summed E-state index contributed by atoms with van der Waals surface area (Å²) in [7, 11) is 0. The second-order valence-electron chi connectivity index (χ2n) is 8.67. The van der Waals surface area contributed by atoms with Crippen LogP contribution in [0.3, 0.4) is 0 Å². The van der Waals surface area contributed by atoms with Crippen LogP contribution in [-0.2, 0) is 11.2 Å². The highest BCUT2D eigenvalue weighted by Crippen LogP contribution is 2.29. The normalized spacial score (nSPS) is 12.1. The molecule has 4 heteroatoms. The van der Waals surface area contributed by atoms with Crippen LogP contribution in [0.2, 0.25) is 0 Å². The van der Waals surface area contributed by atoms with E-state index in [0.29, 0.717) is 12.8 Å². The molecule has 2 aromatic heterocycles. The number of carbonyl (C=O) groups excluding carboxylic acids is 1. The van der Waals surface area contributed by atoms with Gasteiger partial charge in [0.25, 0.3) is 0 Å². The first-order valence-corrected chi connectivity index (χ1v) is 11.4. The zero-order chi connectivity index (χ0) is 22.7. The Morgan fingerprint density at radius 1 is 0.969 bits per heavy atom. The molecule has 1 amide bonds. The molecular formula is C28H31N3O. The molecular weight excluding hydrogens is 394 g/mol. The first kappa shape index (κ1) is 21.8. The van der Waals surface area contributed by atoms with Gasteiger partial charge in [0.05, 0.1) is 11.4 Å². The molecule has 2 aromatic carbocycles. The zero-order valence-electron chi connectivity index (χ0n) is 19.4. The first-order valence-electron chi connectivity index (χ1n) is 11.4. The highest BCUT2D eigenvalue weighted by Gasteiger charge is 2.17. The van der Waals surface area contributed by atoms with Gasteiger partial charge >= 0.3 is 0 Å². The van der Waals surface area contributed by atoms with Gasteiger partial charge in [-0.3, -0.25) is 4.79 Å². The monoisotopic (exact) mass is 425 g/mol. The van der Waals surface area contributed by atoms with Crippen molar-refractivity contribution in [2.24, 2.45) is 0 Å². The number of rotatable bonds is 7. The molecule has 4 nitrogen and oxygen atoms in total. The molecule has 0 aliphatic carbocycles. The van der Waals surface area contributed by atoms with Crippen LogP contribution in [0.15, 0.2) is 66.9 Å². The smallest absolute Gasteiger partial charge is 0.220 e. The van der Waals surface area contributed by atoms with Crippen molar-refractivity contribution in [1.82, 2.24) is 14.7 Å². The molecule has 4 rings (SSSR count). The topological polar surface area (TPSA) is 46.4 Å². The van der Waals surface area contributed by atoms with E-state index in [1.807, 2.05) is 6.92 Å². The molecule has 32 heavy (non-hydrogen) atoms. The third-order valence-corrected chi connectivity index (χ3v) is 6.00. The summed E-state index contributed by atoms with van der Waals surface area (Å²) in [5.41, 5.74) is 8.75. The van der Waals surface area contributed by atoms with Gasteiger partial charge in [0.15, 0.2) is 0 Å². The Balaban J connectivity index is 1.76. The Morgan fingerprint density at radius 3 is 2.44 bits per heavy atom. The Labute approximate surface area is 190 Å². The number of nitrogens with one attached hydrogen (secondary N) is 1. The van der Waals surface area contributed by atoms with Gasteiger partial charge in [-0.25, -0.2) is 4.98 Å². The molecule has 0 aliphatic rings. The average Bonchev–Trinajstić information content (AvgIpc) is 3.15. The van der Waals surface area contributed by atoms with Gasteiger partial charge < -0.3 is 9.72 Å². The third kappa shape index (κ3) is 4.75. The molecule has 4 aromatic rings. The third-order valence-electron chi connectivity index (χ3n) is 6.00. The number of fused-ring (bicyclic) bond motifs is 1.